The lowest BCUT2D eigenvalue weighted by atomic mass is 9.90. The van der Waals surface area contributed by atoms with Gasteiger partial charge in [-0.25, -0.2) is 4.79 Å². The molecule has 0 radical (unpaired) electrons. The predicted octanol–water partition coefficient (Wildman–Crippen LogP) is 4.79. The van der Waals surface area contributed by atoms with E-state index in [1.54, 1.807) is 13.8 Å². The summed E-state index contributed by atoms with van der Waals surface area (Å²) in [7, 11) is 0. The van der Waals surface area contributed by atoms with E-state index in [2.05, 4.69) is 15.9 Å². The molecule has 0 aliphatic carbocycles. The van der Waals surface area contributed by atoms with Gasteiger partial charge in [0.1, 0.15) is 5.76 Å². The molecule has 5 nitrogen and oxygen atoms in total. The van der Waals surface area contributed by atoms with Crippen molar-refractivity contribution < 1.29 is 37.0 Å². The molecule has 1 saturated heterocycles. The van der Waals surface area contributed by atoms with E-state index in [9.17, 15) is 22.8 Å². The van der Waals surface area contributed by atoms with Gasteiger partial charge in [-0.2, -0.15) is 13.2 Å². The molecule has 0 aromatic heterocycles. The van der Waals surface area contributed by atoms with E-state index in [4.69, 9.17) is 14.2 Å². The molecule has 1 heterocycles. The third-order valence-corrected chi connectivity index (χ3v) is 4.78. The molecule has 1 aromatic rings. The van der Waals surface area contributed by atoms with Crippen LogP contribution in [0.4, 0.5) is 13.2 Å². The first-order chi connectivity index (χ1) is 13.1. The highest BCUT2D eigenvalue weighted by atomic mass is 79.9. The first-order valence-corrected chi connectivity index (χ1v) is 9.50. The first kappa shape index (κ1) is 22.3. The van der Waals surface area contributed by atoms with Crippen molar-refractivity contribution in [3.63, 3.8) is 0 Å². The van der Waals surface area contributed by atoms with Crippen LogP contribution in [0.3, 0.4) is 0 Å². The van der Waals surface area contributed by atoms with E-state index in [0.717, 1.165) is 0 Å². The van der Waals surface area contributed by atoms with Crippen LogP contribution in [0, 0.1) is 0 Å². The van der Waals surface area contributed by atoms with Crippen molar-refractivity contribution in [2.45, 2.75) is 44.9 Å². The minimum absolute atomic E-state index is 0.00949. The fraction of sp³-hybridized carbons (Fsp3) is 0.474. The van der Waals surface area contributed by atoms with Crippen LogP contribution in [0.2, 0.25) is 0 Å². The number of rotatable bonds is 6. The van der Waals surface area contributed by atoms with Crippen molar-refractivity contribution in [1.29, 1.82) is 0 Å². The normalized spacial score (nSPS) is 21.1. The molecule has 1 aromatic carbocycles. The minimum atomic E-state index is -4.73. The van der Waals surface area contributed by atoms with Gasteiger partial charge >= 0.3 is 18.1 Å². The fourth-order valence-electron chi connectivity index (χ4n) is 2.96. The molecule has 154 valence electrons. The second-order valence-corrected chi connectivity index (χ2v) is 6.95. The topological polar surface area (TPSA) is 61.8 Å². The van der Waals surface area contributed by atoms with E-state index in [1.165, 1.54) is 24.3 Å². The van der Waals surface area contributed by atoms with Gasteiger partial charge in [-0.3, -0.25) is 4.79 Å². The maximum Gasteiger partial charge on any atom is 0.432 e. The molecule has 1 unspecified atom stereocenters. The van der Waals surface area contributed by atoms with Gasteiger partial charge in [0.25, 0.3) is 0 Å². The first-order valence-electron chi connectivity index (χ1n) is 8.71. The maximum atomic E-state index is 14.0. The zero-order chi connectivity index (χ0) is 20.9. The monoisotopic (exact) mass is 464 g/mol. The Bertz CT molecular complexity index is 758. The van der Waals surface area contributed by atoms with Crippen LogP contribution in [-0.4, -0.2) is 31.3 Å². The number of carbonyl (C=O) groups is 2. The van der Waals surface area contributed by atoms with E-state index < -0.39 is 36.6 Å². The summed E-state index contributed by atoms with van der Waals surface area (Å²) in [4.78, 5) is 24.1. The van der Waals surface area contributed by atoms with Gasteiger partial charge in [-0.1, -0.05) is 28.1 Å². The van der Waals surface area contributed by atoms with Gasteiger partial charge in [0.05, 0.1) is 25.2 Å². The summed E-state index contributed by atoms with van der Waals surface area (Å²) in [6, 6.07) is 5.60. The third kappa shape index (κ3) is 4.68. The Balaban J connectivity index is 2.47. The molecule has 1 aliphatic rings. The highest BCUT2D eigenvalue weighted by Crippen LogP contribution is 2.52. The number of esters is 2. The molecule has 2 rings (SSSR count). The smallest absolute Gasteiger partial charge is 0.432 e. The molecule has 9 heteroatoms. The summed E-state index contributed by atoms with van der Waals surface area (Å²) >= 11 is 3.19. The van der Waals surface area contributed by atoms with Gasteiger partial charge in [0.15, 0.2) is 0 Å². The second kappa shape index (κ2) is 8.98. The predicted molar refractivity (Wildman–Crippen MR) is 97.1 cm³/mol. The zero-order valence-electron chi connectivity index (χ0n) is 15.4. The Kier molecular flexibility index (Phi) is 7.14. The number of benzene rings is 1. The van der Waals surface area contributed by atoms with Crippen molar-refractivity contribution in [3.8, 4) is 0 Å². The van der Waals surface area contributed by atoms with Crippen molar-refractivity contribution in [2.75, 3.05) is 13.2 Å². The zero-order valence-corrected chi connectivity index (χ0v) is 17.0. The molecule has 0 bridgehead atoms. The van der Waals surface area contributed by atoms with Crippen LogP contribution in [0.15, 0.2) is 40.1 Å². The highest BCUT2D eigenvalue weighted by Gasteiger charge is 2.61. The lowest BCUT2D eigenvalue weighted by molar-refractivity contribution is -0.261. The van der Waals surface area contributed by atoms with Crippen molar-refractivity contribution in [1.82, 2.24) is 0 Å². The van der Waals surface area contributed by atoms with Crippen LogP contribution in [-0.2, 0) is 29.4 Å². The van der Waals surface area contributed by atoms with E-state index in [1.807, 2.05) is 0 Å². The summed E-state index contributed by atoms with van der Waals surface area (Å²) < 4.78 is 57.7. The van der Waals surface area contributed by atoms with Crippen LogP contribution in [0.1, 0.15) is 38.7 Å². The number of carbonyl (C=O) groups excluding carboxylic acids is 2. The molecule has 0 saturated carbocycles. The fourth-order valence-corrected chi connectivity index (χ4v) is 3.22. The van der Waals surface area contributed by atoms with Crippen molar-refractivity contribution >= 4 is 27.9 Å². The van der Waals surface area contributed by atoms with Gasteiger partial charge < -0.3 is 14.2 Å². The lowest BCUT2D eigenvalue weighted by Gasteiger charge is -2.31. The van der Waals surface area contributed by atoms with E-state index >= 15 is 0 Å². The number of halogens is 4. The summed E-state index contributed by atoms with van der Waals surface area (Å²) in [5, 5.41) is 0. The van der Waals surface area contributed by atoms with Crippen LogP contribution in [0.5, 0.6) is 0 Å². The van der Waals surface area contributed by atoms with Crippen LogP contribution in [0.25, 0.3) is 0 Å². The van der Waals surface area contributed by atoms with E-state index in [0.29, 0.717) is 4.47 Å². The molecular formula is C19H20BrF3O5. The molecule has 1 fully saturated rings. The Hall–Kier alpha value is -2.03. The average molecular weight is 465 g/mol. The largest absolute Gasteiger partial charge is 0.477 e. The van der Waals surface area contributed by atoms with Gasteiger partial charge in [0.2, 0.25) is 5.60 Å². The Labute approximate surface area is 169 Å². The molecule has 1 aliphatic heterocycles. The summed E-state index contributed by atoms with van der Waals surface area (Å²) in [6.45, 7) is 3.23. The number of hydrogen-bond acceptors (Lipinski definition) is 5. The molecular weight excluding hydrogens is 445 g/mol. The SMILES string of the molecule is CCOC(=O)C/C(C(=O)OCC)=C1/CCC(c2ccc(Br)cc2)(C(F)(F)F)O1. The second-order valence-electron chi connectivity index (χ2n) is 6.04. The van der Waals surface area contributed by atoms with Crippen LogP contribution < -0.4 is 0 Å². The van der Waals surface area contributed by atoms with Crippen molar-refractivity contribution in [3.05, 3.63) is 45.6 Å². The average Bonchev–Trinajstić information content (AvgIpc) is 3.07. The van der Waals surface area contributed by atoms with Gasteiger partial charge in [-0.15, -0.1) is 0 Å². The van der Waals surface area contributed by atoms with Crippen molar-refractivity contribution in [2.24, 2.45) is 0 Å². The quantitative estimate of drug-likeness (QED) is 0.447. The molecule has 28 heavy (non-hydrogen) atoms. The Morgan fingerprint density at radius 3 is 2.29 bits per heavy atom. The molecule has 0 spiro atoms. The lowest BCUT2D eigenvalue weighted by Crippen LogP contribution is -2.41. The number of ether oxygens (including phenoxy) is 3. The number of hydrogen-bond donors (Lipinski definition) is 0. The maximum absolute atomic E-state index is 14.0. The highest BCUT2D eigenvalue weighted by molar-refractivity contribution is 9.10. The Morgan fingerprint density at radius 1 is 1.14 bits per heavy atom. The number of allylic oxidation sites excluding steroid dienone is 1. The molecule has 0 amide bonds. The standard InChI is InChI=1S/C19H20BrF3O5/c1-3-26-16(24)11-14(17(25)27-4-2)15-9-10-18(28-15,19(21,22)23)12-5-7-13(20)8-6-12/h5-8H,3-4,9-11H2,1-2H3/b15-14+. The van der Waals surface area contributed by atoms with Crippen LogP contribution >= 0.6 is 15.9 Å². The summed E-state index contributed by atoms with van der Waals surface area (Å²) in [6.07, 6.45) is -5.83. The summed E-state index contributed by atoms with van der Waals surface area (Å²) in [5.74, 6) is -1.83. The number of alkyl halides is 3. The Morgan fingerprint density at radius 2 is 1.75 bits per heavy atom. The minimum Gasteiger partial charge on any atom is -0.477 e. The van der Waals surface area contributed by atoms with Gasteiger partial charge in [-0.05, 0) is 26.0 Å². The molecule has 1 atom stereocenters. The molecule has 0 N–H and O–H groups in total. The van der Waals surface area contributed by atoms with E-state index in [-0.39, 0.29) is 36.5 Å². The summed E-state index contributed by atoms with van der Waals surface area (Å²) in [5.41, 5.74) is -2.93. The third-order valence-electron chi connectivity index (χ3n) is 4.25. The van der Waals surface area contributed by atoms with Gasteiger partial charge in [0, 0.05) is 22.9 Å².